The summed E-state index contributed by atoms with van der Waals surface area (Å²) in [5.74, 6) is 0.818. The van der Waals surface area contributed by atoms with Gasteiger partial charge in [0.1, 0.15) is 18.8 Å². The minimum Gasteiger partial charge on any atom is -0.315 e. The zero-order valence-corrected chi connectivity index (χ0v) is 19.3. The van der Waals surface area contributed by atoms with Gasteiger partial charge in [0.05, 0.1) is 11.2 Å². The lowest BCUT2D eigenvalue weighted by atomic mass is 10.0. The molecular weight excluding hydrogens is 376 g/mol. The third kappa shape index (κ3) is 7.57. The second-order valence-corrected chi connectivity index (χ2v) is 7.36. The number of fused-ring (bicyclic) bond motifs is 1. The number of rotatable bonds is 5. The zero-order chi connectivity index (χ0) is 22.6. The molecule has 30 heavy (non-hydrogen) atoms. The van der Waals surface area contributed by atoms with Crippen molar-refractivity contribution < 1.29 is 4.79 Å². The minimum atomic E-state index is 0.292. The van der Waals surface area contributed by atoms with E-state index in [-0.39, 0.29) is 0 Å². The molecule has 0 spiro atoms. The lowest BCUT2D eigenvalue weighted by molar-refractivity contribution is -0.107. The first-order valence-corrected chi connectivity index (χ1v) is 10.4. The van der Waals surface area contributed by atoms with Gasteiger partial charge in [0.25, 0.3) is 0 Å². The average molecular weight is 413 g/mol. The van der Waals surface area contributed by atoms with E-state index in [9.17, 15) is 4.79 Å². The van der Waals surface area contributed by atoms with Crippen molar-refractivity contribution in [1.29, 1.82) is 0 Å². The van der Waals surface area contributed by atoms with Crippen LogP contribution >= 0.6 is 0 Å². The fourth-order valence-corrected chi connectivity index (χ4v) is 2.42. The van der Waals surface area contributed by atoms with Gasteiger partial charge in [-0.1, -0.05) is 32.1 Å². The van der Waals surface area contributed by atoms with Gasteiger partial charge in [0.15, 0.2) is 0 Å². The number of hydrazine groups is 1. The van der Waals surface area contributed by atoms with E-state index >= 15 is 0 Å². The molecule has 2 aromatic rings. The normalized spacial score (nSPS) is 13.8. The van der Waals surface area contributed by atoms with E-state index in [2.05, 4.69) is 52.1 Å². The molecule has 2 heterocycles. The Labute approximate surface area is 180 Å². The molecule has 1 aromatic carbocycles. The van der Waals surface area contributed by atoms with Crippen molar-refractivity contribution >= 4 is 28.6 Å². The number of aliphatic imine (C=N–C) groups is 1. The predicted octanol–water partition coefficient (Wildman–Crippen LogP) is 3.95. The summed E-state index contributed by atoms with van der Waals surface area (Å²) < 4.78 is 0. The Balaban J connectivity index is 0.000000487. The van der Waals surface area contributed by atoms with Crippen molar-refractivity contribution in [3.05, 3.63) is 47.7 Å². The molecule has 164 valence electrons. The summed E-state index contributed by atoms with van der Waals surface area (Å²) in [6, 6.07) is 6.02. The maximum absolute atomic E-state index is 10.6. The Hall–Kier alpha value is -2.77. The highest BCUT2D eigenvalue weighted by Crippen LogP contribution is 2.25. The molecule has 0 aliphatic carbocycles. The minimum absolute atomic E-state index is 0.292. The summed E-state index contributed by atoms with van der Waals surface area (Å²) in [6.45, 7) is 12.9. The van der Waals surface area contributed by atoms with Crippen LogP contribution in [0.5, 0.6) is 0 Å². The summed E-state index contributed by atoms with van der Waals surface area (Å²) in [6.07, 6.45) is 7.02. The van der Waals surface area contributed by atoms with Gasteiger partial charge in [-0.25, -0.2) is 10.4 Å². The molecule has 1 aliphatic rings. The number of hydrogen-bond donors (Lipinski definition) is 4. The Kier molecular flexibility index (Phi) is 10.7. The summed E-state index contributed by atoms with van der Waals surface area (Å²) >= 11 is 0. The fraction of sp³-hybridized carbons (Fsp3) is 0.435. The molecule has 0 saturated heterocycles. The van der Waals surface area contributed by atoms with Crippen LogP contribution in [0.1, 0.15) is 59.2 Å². The van der Waals surface area contributed by atoms with Crippen molar-refractivity contribution in [2.24, 2.45) is 4.99 Å². The molecule has 0 saturated carbocycles. The van der Waals surface area contributed by atoms with Crippen LogP contribution < -0.4 is 16.2 Å². The second kappa shape index (κ2) is 12.7. The van der Waals surface area contributed by atoms with Crippen LogP contribution in [0.4, 0.5) is 0 Å². The van der Waals surface area contributed by atoms with E-state index < -0.39 is 0 Å². The van der Waals surface area contributed by atoms with E-state index in [4.69, 9.17) is 0 Å². The van der Waals surface area contributed by atoms with Crippen LogP contribution in [0.3, 0.4) is 0 Å². The summed E-state index contributed by atoms with van der Waals surface area (Å²) in [5, 5.41) is 11.5. The number of nitrogens with one attached hydrogen (secondary N) is 4. The van der Waals surface area contributed by atoms with Gasteiger partial charge in [-0.15, -0.1) is 0 Å². The highest BCUT2D eigenvalue weighted by atomic mass is 16.1. The number of carbonyl (C=O) groups is 1. The van der Waals surface area contributed by atoms with Gasteiger partial charge in [0.2, 0.25) is 0 Å². The van der Waals surface area contributed by atoms with Gasteiger partial charge < -0.3 is 15.5 Å². The van der Waals surface area contributed by atoms with E-state index in [0.717, 1.165) is 39.9 Å². The van der Waals surface area contributed by atoms with Crippen LogP contribution in [0, 0.1) is 0 Å². The standard InChI is InChI=1S/C16H17N5O.C5H13N.C2H6/c1-2-4-11(5-3-8-22)15-13-9-12(16-17-10-18-21-16)6-7-14(13)19-20-15;1-5(2,3)6-4;1-2/h2,4-9,18H,3,10H2,1H3,(H,17,21)(H,19,20);6H,1-4H3;1-2H3/b4-2-,11-5+;;. The van der Waals surface area contributed by atoms with E-state index in [1.807, 2.05) is 64.2 Å². The molecule has 0 bridgehead atoms. The second-order valence-electron chi connectivity index (χ2n) is 7.36. The summed E-state index contributed by atoms with van der Waals surface area (Å²) in [5.41, 5.74) is 9.99. The van der Waals surface area contributed by atoms with E-state index in [1.54, 1.807) is 0 Å². The van der Waals surface area contributed by atoms with Crippen molar-refractivity contribution in [3.8, 4) is 0 Å². The Morgan fingerprint density at radius 1 is 1.27 bits per heavy atom. The molecule has 1 aliphatic heterocycles. The number of amidine groups is 1. The first kappa shape index (κ1) is 25.3. The molecule has 0 atom stereocenters. The first-order valence-electron chi connectivity index (χ1n) is 10.4. The molecule has 7 heteroatoms. The molecule has 1 aromatic heterocycles. The van der Waals surface area contributed by atoms with Gasteiger partial charge in [-0.05, 0) is 58.5 Å². The number of aldehydes is 1. The van der Waals surface area contributed by atoms with Gasteiger partial charge in [0, 0.05) is 22.9 Å². The molecule has 0 amide bonds. The van der Waals surface area contributed by atoms with Crippen LogP contribution in [0.2, 0.25) is 0 Å². The summed E-state index contributed by atoms with van der Waals surface area (Å²) in [7, 11) is 1.96. The predicted molar refractivity (Wildman–Crippen MR) is 127 cm³/mol. The van der Waals surface area contributed by atoms with Crippen LogP contribution in [-0.2, 0) is 4.79 Å². The Bertz CT molecular complexity index is 887. The monoisotopic (exact) mass is 412 g/mol. The van der Waals surface area contributed by atoms with Crippen molar-refractivity contribution in [2.45, 2.75) is 53.5 Å². The van der Waals surface area contributed by atoms with Gasteiger partial charge >= 0.3 is 0 Å². The first-order chi connectivity index (χ1) is 14.4. The largest absolute Gasteiger partial charge is 0.315 e. The molecule has 7 nitrogen and oxygen atoms in total. The third-order valence-electron chi connectivity index (χ3n) is 4.16. The number of allylic oxidation sites excluding steroid dienone is 4. The number of aromatic amines is 1. The molecule has 0 fully saturated rings. The topological polar surface area (TPSA) is 94.2 Å². The lowest BCUT2D eigenvalue weighted by Gasteiger charge is -2.15. The maximum atomic E-state index is 10.6. The van der Waals surface area contributed by atoms with Crippen LogP contribution in [-0.4, -0.2) is 41.6 Å². The quantitative estimate of drug-likeness (QED) is 0.441. The zero-order valence-electron chi connectivity index (χ0n) is 19.3. The highest BCUT2D eigenvalue weighted by molar-refractivity contribution is 6.03. The molecular formula is C23H36N6O. The SMILES string of the molecule is C/C=C\C(=C/CC=O)c1n[nH]c2ccc(C3=NCNN3)cc12.CC.CNC(C)(C)C. The average Bonchev–Trinajstić information content (AvgIpc) is 3.42. The van der Waals surface area contributed by atoms with Crippen molar-refractivity contribution in [2.75, 3.05) is 13.7 Å². The summed E-state index contributed by atoms with van der Waals surface area (Å²) in [4.78, 5) is 15.0. The van der Waals surface area contributed by atoms with Gasteiger partial charge in [-0.3, -0.25) is 5.10 Å². The van der Waals surface area contributed by atoms with Crippen LogP contribution in [0.15, 0.2) is 41.4 Å². The van der Waals surface area contributed by atoms with E-state index in [0.29, 0.717) is 18.6 Å². The fourth-order valence-electron chi connectivity index (χ4n) is 2.42. The number of hydrogen-bond acceptors (Lipinski definition) is 6. The number of aromatic nitrogens is 2. The molecule has 3 rings (SSSR count). The van der Waals surface area contributed by atoms with Gasteiger partial charge in [-0.2, -0.15) is 5.10 Å². The lowest BCUT2D eigenvalue weighted by Crippen LogP contribution is -2.31. The third-order valence-corrected chi connectivity index (χ3v) is 4.16. The molecule has 0 unspecified atom stereocenters. The molecule has 4 N–H and O–H groups in total. The maximum Gasteiger partial charge on any atom is 0.144 e. The van der Waals surface area contributed by atoms with Crippen LogP contribution in [0.25, 0.3) is 16.5 Å². The Morgan fingerprint density at radius 3 is 2.50 bits per heavy atom. The highest BCUT2D eigenvalue weighted by Gasteiger charge is 2.13. The Morgan fingerprint density at radius 2 is 1.97 bits per heavy atom. The van der Waals surface area contributed by atoms with E-state index in [1.165, 1.54) is 0 Å². The molecule has 0 radical (unpaired) electrons. The number of H-pyrrole nitrogens is 1. The number of nitrogens with zero attached hydrogens (tertiary/aromatic N) is 2. The van der Waals surface area contributed by atoms with Crippen molar-refractivity contribution in [3.63, 3.8) is 0 Å². The van der Waals surface area contributed by atoms with Crippen molar-refractivity contribution in [1.82, 2.24) is 26.4 Å². The smallest absolute Gasteiger partial charge is 0.144 e. The number of benzene rings is 1. The number of carbonyl (C=O) groups excluding carboxylic acids is 1.